The largest absolute Gasteiger partial charge is 0.368 e. The molecule has 0 radical (unpaired) electrons. The SMILES string of the molecule is CCNC(CCN1CC(C)C(N(C)C)C1)C(N)=O. The predicted molar refractivity (Wildman–Crippen MR) is 74.4 cm³/mol. The highest BCUT2D eigenvalue weighted by Crippen LogP contribution is 2.20. The summed E-state index contributed by atoms with van der Waals surface area (Å²) in [6, 6.07) is 0.430. The zero-order valence-electron chi connectivity index (χ0n) is 12.1. The molecular weight excluding hydrogens is 228 g/mol. The van der Waals surface area contributed by atoms with Gasteiger partial charge in [-0.25, -0.2) is 0 Å². The smallest absolute Gasteiger partial charge is 0.234 e. The number of carbonyl (C=O) groups is 1. The molecule has 106 valence electrons. The first-order valence-electron chi connectivity index (χ1n) is 6.87. The van der Waals surface area contributed by atoms with E-state index >= 15 is 0 Å². The number of amides is 1. The van der Waals surface area contributed by atoms with Crippen LogP contribution < -0.4 is 11.1 Å². The summed E-state index contributed by atoms with van der Waals surface area (Å²) in [6.07, 6.45) is 0.802. The lowest BCUT2D eigenvalue weighted by molar-refractivity contribution is -0.120. The van der Waals surface area contributed by atoms with E-state index < -0.39 is 0 Å². The summed E-state index contributed by atoms with van der Waals surface area (Å²) >= 11 is 0. The average molecular weight is 256 g/mol. The van der Waals surface area contributed by atoms with Crippen molar-refractivity contribution < 1.29 is 4.79 Å². The lowest BCUT2D eigenvalue weighted by Gasteiger charge is -2.23. The Hall–Kier alpha value is -0.650. The van der Waals surface area contributed by atoms with Gasteiger partial charge >= 0.3 is 0 Å². The zero-order chi connectivity index (χ0) is 13.7. The number of hydrogen-bond donors (Lipinski definition) is 2. The third kappa shape index (κ3) is 4.23. The molecule has 0 saturated carbocycles. The summed E-state index contributed by atoms with van der Waals surface area (Å²) < 4.78 is 0. The van der Waals surface area contributed by atoms with Crippen LogP contribution in [0.4, 0.5) is 0 Å². The third-order valence-corrected chi connectivity index (χ3v) is 3.84. The molecule has 0 aromatic heterocycles. The Kier molecular flexibility index (Phi) is 6.05. The van der Waals surface area contributed by atoms with Crippen LogP contribution in [0.1, 0.15) is 20.3 Å². The van der Waals surface area contributed by atoms with Crippen molar-refractivity contribution in [1.82, 2.24) is 15.1 Å². The molecular formula is C13H28N4O. The molecule has 1 rings (SSSR count). The van der Waals surface area contributed by atoms with Gasteiger partial charge in [-0.3, -0.25) is 4.79 Å². The molecule has 0 aliphatic carbocycles. The van der Waals surface area contributed by atoms with Crippen molar-refractivity contribution in [2.75, 3.05) is 40.3 Å². The number of rotatable bonds is 7. The van der Waals surface area contributed by atoms with E-state index in [1.165, 1.54) is 0 Å². The van der Waals surface area contributed by atoms with Gasteiger partial charge in [0.15, 0.2) is 0 Å². The molecule has 1 fully saturated rings. The Labute approximate surface area is 111 Å². The fourth-order valence-corrected chi connectivity index (χ4v) is 2.81. The second-order valence-corrected chi connectivity index (χ2v) is 5.57. The Morgan fingerprint density at radius 3 is 2.61 bits per heavy atom. The van der Waals surface area contributed by atoms with Gasteiger partial charge in [-0.05, 0) is 33.0 Å². The van der Waals surface area contributed by atoms with Crippen molar-refractivity contribution >= 4 is 5.91 Å². The third-order valence-electron chi connectivity index (χ3n) is 3.84. The first-order chi connectivity index (χ1) is 8.45. The van der Waals surface area contributed by atoms with E-state index in [9.17, 15) is 4.79 Å². The number of nitrogens with one attached hydrogen (secondary N) is 1. The van der Waals surface area contributed by atoms with E-state index in [0.717, 1.165) is 32.6 Å². The van der Waals surface area contributed by atoms with E-state index in [1.807, 2.05) is 6.92 Å². The Bertz CT molecular complexity index is 270. The second-order valence-electron chi connectivity index (χ2n) is 5.57. The van der Waals surface area contributed by atoms with Crippen LogP contribution in [-0.4, -0.2) is 68.1 Å². The van der Waals surface area contributed by atoms with Crippen LogP contribution in [-0.2, 0) is 4.79 Å². The minimum Gasteiger partial charge on any atom is -0.368 e. The fourth-order valence-electron chi connectivity index (χ4n) is 2.81. The van der Waals surface area contributed by atoms with Crippen LogP contribution in [0.2, 0.25) is 0 Å². The van der Waals surface area contributed by atoms with Gasteiger partial charge in [0.25, 0.3) is 0 Å². The molecule has 1 aliphatic heterocycles. The van der Waals surface area contributed by atoms with Gasteiger partial charge in [0, 0.05) is 25.7 Å². The molecule has 5 nitrogen and oxygen atoms in total. The Morgan fingerprint density at radius 2 is 2.17 bits per heavy atom. The van der Waals surface area contributed by atoms with Gasteiger partial charge in [0.1, 0.15) is 0 Å². The summed E-state index contributed by atoms with van der Waals surface area (Å²) in [5.74, 6) is 0.444. The van der Waals surface area contributed by atoms with Crippen LogP contribution in [0, 0.1) is 5.92 Å². The van der Waals surface area contributed by atoms with Crippen molar-refractivity contribution in [1.29, 1.82) is 0 Å². The number of nitrogens with two attached hydrogens (primary N) is 1. The van der Waals surface area contributed by atoms with Gasteiger partial charge in [-0.15, -0.1) is 0 Å². The second kappa shape index (κ2) is 7.07. The monoisotopic (exact) mass is 256 g/mol. The maximum absolute atomic E-state index is 11.3. The molecule has 3 unspecified atom stereocenters. The maximum Gasteiger partial charge on any atom is 0.234 e. The van der Waals surface area contributed by atoms with E-state index in [0.29, 0.717) is 12.0 Å². The summed E-state index contributed by atoms with van der Waals surface area (Å²) in [5.41, 5.74) is 5.38. The van der Waals surface area contributed by atoms with Gasteiger partial charge in [-0.2, -0.15) is 0 Å². The highest BCUT2D eigenvalue weighted by molar-refractivity contribution is 5.79. The lowest BCUT2D eigenvalue weighted by Crippen LogP contribution is -2.43. The number of primary amides is 1. The van der Waals surface area contributed by atoms with E-state index in [2.05, 4.69) is 36.1 Å². The molecule has 1 amide bonds. The summed E-state index contributed by atoms with van der Waals surface area (Å²) in [6.45, 7) is 8.21. The molecule has 0 aromatic rings. The topological polar surface area (TPSA) is 61.6 Å². The number of likely N-dealkylation sites (tertiary alicyclic amines) is 1. The summed E-state index contributed by atoms with van der Waals surface area (Å²) in [4.78, 5) is 16.0. The normalized spacial score (nSPS) is 26.7. The van der Waals surface area contributed by atoms with Crippen molar-refractivity contribution in [3.63, 3.8) is 0 Å². The quantitative estimate of drug-likeness (QED) is 0.658. The minimum absolute atomic E-state index is 0.191. The van der Waals surface area contributed by atoms with Crippen LogP contribution in [0.15, 0.2) is 0 Å². The lowest BCUT2D eigenvalue weighted by atomic mass is 10.1. The van der Waals surface area contributed by atoms with E-state index in [-0.39, 0.29) is 11.9 Å². The number of hydrogen-bond acceptors (Lipinski definition) is 4. The summed E-state index contributed by atoms with van der Waals surface area (Å²) in [7, 11) is 4.27. The predicted octanol–water partition coefficient (Wildman–Crippen LogP) is -0.278. The Balaban J connectivity index is 2.38. The van der Waals surface area contributed by atoms with Crippen LogP contribution in [0.5, 0.6) is 0 Å². The zero-order valence-corrected chi connectivity index (χ0v) is 12.1. The fraction of sp³-hybridized carbons (Fsp3) is 0.923. The number of likely N-dealkylation sites (N-methyl/N-ethyl adjacent to an activating group) is 2. The van der Waals surface area contributed by atoms with Crippen molar-refractivity contribution in [2.45, 2.75) is 32.4 Å². The maximum atomic E-state index is 11.3. The van der Waals surface area contributed by atoms with E-state index in [1.54, 1.807) is 0 Å². The standard InChI is InChI=1S/C13H28N4O/c1-5-15-11(13(14)18)6-7-17-8-10(2)12(9-17)16(3)4/h10-12,15H,5-9H2,1-4H3,(H2,14,18). The Morgan fingerprint density at radius 1 is 1.50 bits per heavy atom. The molecule has 0 bridgehead atoms. The molecule has 3 N–H and O–H groups in total. The molecule has 5 heteroatoms. The van der Waals surface area contributed by atoms with E-state index in [4.69, 9.17) is 5.73 Å². The molecule has 1 saturated heterocycles. The van der Waals surface area contributed by atoms with Crippen molar-refractivity contribution in [3.8, 4) is 0 Å². The first-order valence-corrected chi connectivity index (χ1v) is 6.87. The van der Waals surface area contributed by atoms with Gasteiger partial charge in [0.2, 0.25) is 5.91 Å². The first kappa shape index (κ1) is 15.4. The van der Waals surface area contributed by atoms with Crippen molar-refractivity contribution in [3.05, 3.63) is 0 Å². The highest BCUT2D eigenvalue weighted by Gasteiger charge is 2.31. The summed E-state index contributed by atoms with van der Waals surface area (Å²) in [5, 5.41) is 3.14. The van der Waals surface area contributed by atoms with Gasteiger partial charge < -0.3 is 20.9 Å². The van der Waals surface area contributed by atoms with Crippen LogP contribution >= 0.6 is 0 Å². The van der Waals surface area contributed by atoms with Gasteiger partial charge in [0.05, 0.1) is 6.04 Å². The molecule has 18 heavy (non-hydrogen) atoms. The molecule has 1 heterocycles. The van der Waals surface area contributed by atoms with Crippen LogP contribution in [0.3, 0.4) is 0 Å². The van der Waals surface area contributed by atoms with Crippen molar-refractivity contribution in [2.24, 2.45) is 11.7 Å². The van der Waals surface area contributed by atoms with Gasteiger partial charge in [-0.1, -0.05) is 13.8 Å². The molecule has 0 aromatic carbocycles. The number of carbonyl (C=O) groups excluding carboxylic acids is 1. The molecule has 1 aliphatic rings. The van der Waals surface area contributed by atoms with Crippen LogP contribution in [0.25, 0.3) is 0 Å². The molecule has 0 spiro atoms. The minimum atomic E-state index is -0.242. The average Bonchev–Trinajstić information content (AvgIpc) is 2.65. The number of nitrogens with zero attached hydrogens (tertiary/aromatic N) is 2. The molecule has 3 atom stereocenters. The highest BCUT2D eigenvalue weighted by atomic mass is 16.1.